The Morgan fingerprint density at radius 1 is 1.05 bits per heavy atom. The minimum absolute atomic E-state index is 0.0269. The molecule has 1 atom stereocenters. The maximum atomic E-state index is 13.3. The molecule has 1 heterocycles. The van der Waals surface area contributed by atoms with Gasteiger partial charge in [0, 0.05) is 17.5 Å². The van der Waals surface area contributed by atoms with E-state index in [0.717, 1.165) is 29.5 Å². The van der Waals surface area contributed by atoms with E-state index in [1.54, 1.807) is 42.5 Å². The zero-order valence-corrected chi connectivity index (χ0v) is 22.6. The topological polar surface area (TPSA) is 103 Å². The van der Waals surface area contributed by atoms with Crippen molar-refractivity contribution in [3.63, 3.8) is 0 Å². The van der Waals surface area contributed by atoms with E-state index >= 15 is 0 Å². The Kier molecular flexibility index (Phi) is 8.66. The molecule has 1 aromatic heterocycles. The number of unbranched alkanes of at least 4 members (excludes halogenated alkanes) is 1. The van der Waals surface area contributed by atoms with Crippen molar-refractivity contribution >= 4 is 38.6 Å². The molecule has 0 aliphatic heterocycles. The number of halogens is 1. The summed E-state index contributed by atoms with van der Waals surface area (Å²) in [5, 5.41) is 0.793. The van der Waals surface area contributed by atoms with Crippen LogP contribution in [0.25, 0.3) is 11.0 Å². The third kappa shape index (κ3) is 6.69. The highest BCUT2D eigenvalue weighted by Gasteiger charge is 2.28. The molecule has 0 aliphatic carbocycles. The van der Waals surface area contributed by atoms with Crippen molar-refractivity contribution in [2.75, 3.05) is 0 Å². The minimum atomic E-state index is -4.04. The molecule has 0 unspecified atom stereocenters. The van der Waals surface area contributed by atoms with Gasteiger partial charge in [0.1, 0.15) is 11.6 Å². The Morgan fingerprint density at radius 3 is 2.45 bits per heavy atom. The molecule has 0 saturated carbocycles. The number of hydrogen-bond donors (Lipinski definition) is 1. The lowest BCUT2D eigenvalue weighted by atomic mass is 10.0. The second kappa shape index (κ2) is 11.9. The van der Waals surface area contributed by atoms with Crippen molar-refractivity contribution in [1.82, 2.24) is 4.72 Å². The Bertz CT molecular complexity index is 1600. The average molecular weight is 554 g/mol. The molecule has 7 nitrogen and oxygen atoms in total. The van der Waals surface area contributed by atoms with Gasteiger partial charge in [-0.3, -0.25) is 0 Å². The third-order valence-electron chi connectivity index (χ3n) is 6.09. The molecule has 0 fully saturated rings. The number of carbonyl (C=O) groups is 1. The maximum absolute atomic E-state index is 13.3. The molecular formula is C29H28ClNO6S. The first-order valence-electron chi connectivity index (χ1n) is 12.3. The summed E-state index contributed by atoms with van der Waals surface area (Å²) in [5.41, 5.74) is 2.15. The average Bonchev–Trinajstić information content (AvgIpc) is 2.88. The maximum Gasteiger partial charge on any atom is 0.336 e. The van der Waals surface area contributed by atoms with Crippen molar-refractivity contribution in [2.45, 2.75) is 50.5 Å². The van der Waals surface area contributed by atoms with E-state index in [1.807, 2.05) is 13.0 Å². The Hall–Kier alpha value is -3.46. The van der Waals surface area contributed by atoms with Gasteiger partial charge in [0.05, 0.1) is 9.92 Å². The van der Waals surface area contributed by atoms with Gasteiger partial charge in [-0.15, -0.1) is 0 Å². The molecule has 0 bridgehead atoms. The number of rotatable bonds is 10. The number of esters is 1. The molecule has 4 aromatic rings. The second-order valence-electron chi connectivity index (χ2n) is 9.07. The summed E-state index contributed by atoms with van der Waals surface area (Å²) in [6, 6.07) is 18.5. The first-order valence-corrected chi connectivity index (χ1v) is 14.1. The highest BCUT2D eigenvalue weighted by atomic mass is 35.5. The summed E-state index contributed by atoms with van der Waals surface area (Å²) >= 11 is 6.47. The van der Waals surface area contributed by atoms with Gasteiger partial charge in [0.15, 0.2) is 5.75 Å². The molecule has 0 aliphatic rings. The number of hydrogen-bond acceptors (Lipinski definition) is 6. The van der Waals surface area contributed by atoms with Crippen LogP contribution in [0.4, 0.5) is 0 Å². The summed E-state index contributed by atoms with van der Waals surface area (Å²) in [5.74, 6) is -0.886. The van der Waals surface area contributed by atoms with Gasteiger partial charge in [-0.05, 0) is 55.5 Å². The lowest BCUT2D eigenvalue weighted by Gasteiger charge is -2.19. The molecule has 9 heteroatoms. The van der Waals surface area contributed by atoms with Gasteiger partial charge in [-0.25, -0.2) is 18.0 Å². The van der Waals surface area contributed by atoms with Crippen LogP contribution < -0.4 is 15.1 Å². The van der Waals surface area contributed by atoms with Crippen LogP contribution in [0, 0.1) is 6.92 Å². The zero-order chi connectivity index (χ0) is 27.3. The molecule has 3 aromatic carbocycles. The van der Waals surface area contributed by atoms with Crippen molar-refractivity contribution in [3.8, 4) is 5.75 Å². The summed E-state index contributed by atoms with van der Waals surface area (Å²) in [4.78, 5) is 25.5. The fraction of sp³-hybridized carbons (Fsp3) is 0.241. The van der Waals surface area contributed by atoms with Crippen LogP contribution in [0.5, 0.6) is 5.75 Å². The van der Waals surface area contributed by atoms with Gasteiger partial charge < -0.3 is 9.15 Å². The first-order chi connectivity index (χ1) is 18.2. The van der Waals surface area contributed by atoms with Gasteiger partial charge in [-0.2, -0.15) is 4.72 Å². The minimum Gasteiger partial charge on any atom is -0.424 e. The van der Waals surface area contributed by atoms with Crippen LogP contribution in [-0.2, 0) is 27.7 Å². The molecule has 4 rings (SSSR count). The monoisotopic (exact) mass is 553 g/mol. The van der Waals surface area contributed by atoms with Crippen LogP contribution in [0.15, 0.2) is 86.9 Å². The van der Waals surface area contributed by atoms with E-state index in [1.165, 1.54) is 24.3 Å². The molecule has 1 N–H and O–H groups in total. The Balaban J connectivity index is 1.66. The second-order valence-corrected chi connectivity index (χ2v) is 11.2. The SMILES string of the molecule is CCCCc1cc(=O)oc2cc(OC(=O)[C@@H](Cc3ccccc3)NS(=O)(=O)c3ccc(C)cc3)c(Cl)cc12. The summed E-state index contributed by atoms with van der Waals surface area (Å²) in [6.45, 7) is 3.90. The summed E-state index contributed by atoms with van der Waals surface area (Å²) in [7, 11) is -4.04. The lowest BCUT2D eigenvalue weighted by molar-refractivity contribution is -0.136. The van der Waals surface area contributed by atoms with Crippen molar-refractivity contribution in [3.05, 3.63) is 105 Å². The molecule has 0 amide bonds. The molecule has 0 radical (unpaired) electrons. The van der Waals surface area contributed by atoms with E-state index in [-0.39, 0.29) is 27.7 Å². The van der Waals surface area contributed by atoms with Crippen LogP contribution >= 0.6 is 11.6 Å². The number of sulfonamides is 1. The molecule has 198 valence electrons. The number of benzene rings is 3. The Morgan fingerprint density at radius 2 is 1.76 bits per heavy atom. The van der Waals surface area contributed by atoms with E-state index in [4.69, 9.17) is 20.8 Å². The van der Waals surface area contributed by atoms with Crippen molar-refractivity contribution < 1.29 is 22.4 Å². The predicted octanol–water partition coefficient (Wildman–Crippen LogP) is 5.59. The molecule has 38 heavy (non-hydrogen) atoms. The van der Waals surface area contributed by atoms with E-state index in [2.05, 4.69) is 11.6 Å². The van der Waals surface area contributed by atoms with E-state index in [9.17, 15) is 18.0 Å². The molecule has 0 spiro atoms. The number of ether oxygens (including phenoxy) is 1. The quantitative estimate of drug-likeness (QED) is 0.156. The summed E-state index contributed by atoms with van der Waals surface area (Å²) in [6.07, 6.45) is 2.56. The fourth-order valence-corrected chi connectivity index (χ4v) is 5.44. The summed E-state index contributed by atoms with van der Waals surface area (Å²) < 4.78 is 39.6. The Labute approximate surface area is 226 Å². The van der Waals surface area contributed by atoms with Crippen LogP contribution in [-0.4, -0.2) is 20.4 Å². The van der Waals surface area contributed by atoms with Crippen molar-refractivity contribution in [2.24, 2.45) is 0 Å². The normalized spacial score (nSPS) is 12.4. The first kappa shape index (κ1) is 27.6. The van der Waals surface area contributed by atoms with Gasteiger partial charge in [0.25, 0.3) is 0 Å². The number of fused-ring (bicyclic) bond motifs is 1. The van der Waals surface area contributed by atoms with E-state index < -0.39 is 27.7 Å². The lowest BCUT2D eigenvalue weighted by Crippen LogP contribution is -2.44. The largest absolute Gasteiger partial charge is 0.424 e. The zero-order valence-electron chi connectivity index (χ0n) is 21.1. The highest BCUT2D eigenvalue weighted by molar-refractivity contribution is 7.89. The van der Waals surface area contributed by atoms with Gasteiger partial charge in [-0.1, -0.05) is 73.0 Å². The van der Waals surface area contributed by atoms with Gasteiger partial charge in [0.2, 0.25) is 10.0 Å². The fourth-order valence-electron chi connectivity index (χ4n) is 4.06. The van der Waals surface area contributed by atoms with Crippen LogP contribution in [0.2, 0.25) is 5.02 Å². The number of carbonyl (C=O) groups excluding carboxylic acids is 1. The van der Waals surface area contributed by atoms with E-state index in [0.29, 0.717) is 11.8 Å². The number of aryl methyl sites for hydroxylation is 2. The third-order valence-corrected chi connectivity index (χ3v) is 7.87. The molecular weight excluding hydrogens is 526 g/mol. The van der Waals surface area contributed by atoms with Crippen molar-refractivity contribution in [1.29, 1.82) is 0 Å². The van der Waals surface area contributed by atoms with Crippen LogP contribution in [0.1, 0.15) is 36.5 Å². The van der Waals surface area contributed by atoms with Gasteiger partial charge >= 0.3 is 11.6 Å². The predicted molar refractivity (Wildman–Crippen MR) is 147 cm³/mol. The standard InChI is InChI=1S/C29H28ClNO6S/c1-3-4-10-21-16-28(32)36-26-18-27(24(30)17-23(21)26)37-29(33)25(15-20-8-6-5-7-9-20)31-38(34,35)22-13-11-19(2)12-14-22/h5-9,11-14,16-18,25,31H,3-4,10,15H2,1-2H3/t25-/m1/s1. The molecule has 0 saturated heterocycles. The van der Waals surface area contributed by atoms with Crippen LogP contribution in [0.3, 0.4) is 0 Å². The number of nitrogens with one attached hydrogen (secondary N) is 1. The smallest absolute Gasteiger partial charge is 0.336 e. The highest BCUT2D eigenvalue weighted by Crippen LogP contribution is 2.32.